The van der Waals surface area contributed by atoms with Crippen molar-refractivity contribution >= 4 is 11.7 Å². The number of aromatic nitrogens is 1. The number of hydrogen-bond acceptors (Lipinski definition) is 4. The maximum Gasteiger partial charge on any atom is 0.267 e. The lowest BCUT2D eigenvalue weighted by atomic mass is 9.88. The molecule has 0 bridgehead atoms. The van der Waals surface area contributed by atoms with E-state index in [1.54, 1.807) is 12.1 Å². The smallest absolute Gasteiger partial charge is 0.267 e. The fraction of sp³-hybridized carbons (Fsp3) is 0.316. The van der Waals surface area contributed by atoms with Gasteiger partial charge < -0.3 is 10.6 Å². The van der Waals surface area contributed by atoms with Gasteiger partial charge in [0.15, 0.2) is 5.78 Å². The number of hydrogen-bond donors (Lipinski definition) is 1. The summed E-state index contributed by atoms with van der Waals surface area (Å²) in [5.74, 6) is -0.326. The summed E-state index contributed by atoms with van der Waals surface area (Å²) < 4.78 is 0. The molecule has 0 radical (unpaired) electrons. The number of amides is 1. The summed E-state index contributed by atoms with van der Waals surface area (Å²) >= 11 is 0. The Labute approximate surface area is 141 Å². The van der Waals surface area contributed by atoms with E-state index in [9.17, 15) is 9.59 Å². The standard InChI is InChI=1S/C19H21N3O2/c1-22-10-7-13(8-11-22)18(23)15-5-2-4-14(12-15)16-6-3-9-21-17(16)19(20)24/h2-6,9,12-13H,7-8,10-11H2,1H3,(H2,20,24). The van der Waals surface area contributed by atoms with Crippen LogP contribution in [0.2, 0.25) is 0 Å². The molecule has 1 amide bonds. The second-order valence-corrected chi connectivity index (χ2v) is 6.29. The van der Waals surface area contributed by atoms with Crippen LogP contribution in [0.3, 0.4) is 0 Å². The zero-order valence-electron chi connectivity index (χ0n) is 13.7. The normalized spacial score (nSPS) is 16.0. The molecular weight excluding hydrogens is 302 g/mol. The fourth-order valence-corrected chi connectivity index (χ4v) is 3.18. The van der Waals surface area contributed by atoms with Crippen molar-refractivity contribution in [2.75, 3.05) is 20.1 Å². The average molecular weight is 323 g/mol. The molecule has 1 aliphatic heterocycles. The van der Waals surface area contributed by atoms with Crippen molar-refractivity contribution in [3.63, 3.8) is 0 Å². The molecule has 3 rings (SSSR count). The SMILES string of the molecule is CN1CCC(C(=O)c2cccc(-c3cccnc3C(N)=O)c2)CC1. The lowest BCUT2D eigenvalue weighted by Crippen LogP contribution is -2.33. The van der Waals surface area contributed by atoms with E-state index < -0.39 is 5.91 Å². The van der Waals surface area contributed by atoms with Gasteiger partial charge in [-0.2, -0.15) is 0 Å². The van der Waals surface area contributed by atoms with Crippen LogP contribution in [-0.4, -0.2) is 41.7 Å². The molecule has 1 aromatic heterocycles. The Bertz CT molecular complexity index is 765. The molecule has 24 heavy (non-hydrogen) atoms. The third-order valence-electron chi connectivity index (χ3n) is 4.59. The summed E-state index contributed by atoms with van der Waals surface area (Å²) in [6, 6.07) is 10.9. The van der Waals surface area contributed by atoms with Crippen LogP contribution in [0, 0.1) is 5.92 Å². The van der Waals surface area contributed by atoms with Crippen LogP contribution in [0.15, 0.2) is 42.6 Å². The van der Waals surface area contributed by atoms with Crippen LogP contribution in [0.1, 0.15) is 33.7 Å². The topological polar surface area (TPSA) is 76.3 Å². The molecule has 0 spiro atoms. The summed E-state index contributed by atoms with van der Waals surface area (Å²) in [7, 11) is 2.08. The number of likely N-dealkylation sites (tertiary alicyclic amines) is 1. The van der Waals surface area contributed by atoms with Crippen molar-refractivity contribution in [2.24, 2.45) is 11.7 Å². The average Bonchev–Trinajstić information content (AvgIpc) is 2.62. The van der Waals surface area contributed by atoms with Crippen LogP contribution < -0.4 is 5.73 Å². The Hall–Kier alpha value is -2.53. The van der Waals surface area contributed by atoms with E-state index in [1.165, 1.54) is 6.20 Å². The van der Waals surface area contributed by atoms with Crippen molar-refractivity contribution in [1.29, 1.82) is 0 Å². The summed E-state index contributed by atoms with van der Waals surface area (Å²) in [6.45, 7) is 1.90. The summed E-state index contributed by atoms with van der Waals surface area (Å²) in [5, 5.41) is 0. The molecule has 1 aliphatic rings. The molecule has 5 nitrogen and oxygen atoms in total. The second kappa shape index (κ2) is 6.93. The molecule has 0 atom stereocenters. The third kappa shape index (κ3) is 3.36. The third-order valence-corrected chi connectivity index (χ3v) is 4.59. The Morgan fingerprint density at radius 2 is 1.92 bits per heavy atom. The van der Waals surface area contributed by atoms with Crippen LogP contribution in [0.25, 0.3) is 11.1 Å². The molecule has 5 heteroatoms. The lowest BCUT2D eigenvalue weighted by Gasteiger charge is -2.28. The second-order valence-electron chi connectivity index (χ2n) is 6.29. The molecular formula is C19H21N3O2. The number of carbonyl (C=O) groups is 2. The van der Waals surface area contributed by atoms with Crippen molar-refractivity contribution in [2.45, 2.75) is 12.8 Å². The first-order chi connectivity index (χ1) is 11.6. The zero-order chi connectivity index (χ0) is 17.1. The largest absolute Gasteiger partial charge is 0.364 e. The van der Waals surface area contributed by atoms with Crippen LogP contribution >= 0.6 is 0 Å². The Morgan fingerprint density at radius 1 is 1.17 bits per heavy atom. The van der Waals surface area contributed by atoms with Gasteiger partial charge in [0, 0.05) is 23.2 Å². The fourth-order valence-electron chi connectivity index (χ4n) is 3.18. The quantitative estimate of drug-likeness (QED) is 0.876. The number of Topliss-reactive ketones (excluding diaryl/α,β-unsaturated/α-hetero) is 1. The van der Waals surface area contributed by atoms with Crippen molar-refractivity contribution in [3.05, 3.63) is 53.9 Å². The molecule has 0 aliphatic carbocycles. The zero-order valence-corrected chi connectivity index (χ0v) is 13.7. The minimum Gasteiger partial charge on any atom is -0.364 e. The molecule has 2 N–H and O–H groups in total. The number of nitrogens with two attached hydrogens (primary N) is 1. The molecule has 2 aromatic rings. The van der Waals surface area contributed by atoms with Gasteiger partial charge in [0.25, 0.3) is 5.91 Å². The van der Waals surface area contributed by atoms with Gasteiger partial charge in [0.2, 0.25) is 0 Å². The summed E-state index contributed by atoms with van der Waals surface area (Å²) in [4.78, 5) is 30.7. The molecule has 2 heterocycles. The van der Waals surface area contributed by atoms with E-state index in [0.717, 1.165) is 31.5 Å². The highest BCUT2D eigenvalue weighted by molar-refractivity contribution is 6.01. The molecule has 1 aromatic carbocycles. The van der Waals surface area contributed by atoms with E-state index in [1.807, 2.05) is 24.3 Å². The van der Waals surface area contributed by atoms with Crippen LogP contribution in [-0.2, 0) is 0 Å². The minimum atomic E-state index is -0.572. The Balaban J connectivity index is 1.90. The minimum absolute atomic E-state index is 0.0703. The van der Waals surface area contributed by atoms with Gasteiger partial charge in [-0.05, 0) is 50.7 Å². The van der Waals surface area contributed by atoms with E-state index in [2.05, 4.69) is 16.9 Å². The predicted molar refractivity (Wildman–Crippen MR) is 92.7 cm³/mol. The number of nitrogens with zero attached hydrogens (tertiary/aromatic N) is 2. The monoisotopic (exact) mass is 323 g/mol. The van der Waals surface area contributed by atoms with E-state index in [-0.39, 0.29) is 17.4 Å². The van der Waals surface area contributed by atoms with Gasteiger partial charge >= 0.3 is 0 Å². The van der Waals surface area contributed by atoms with E-state index >= 15 is 0 Å². The highest BCUT2D eigenvalue weighted by Crippen LogP contribution is 2.26. The number of benzene rings is 1. The molecule has 1 saturated heterocycles. The summed E-state index contributed by atoms with van der Waals surface area (Å²) in [6.07, 6.45) is 3.31. The van der Waals surface area contributed by atoms with E-state index in [0.29, 0.717) is 11.1 Å². The first kappa shape index (κ1) is 16.3. The summed E-state index contributed by atoms with van der Waals surface area (Å²) in [5.41, 5.74) is 7.76. The van der Waals surface area contributed by atoms with E-state index in [4.69, 9.17) is 5.73 Å². The van der Waals surface area contributed by atoms with Gasteiger partial charge in [-0.25, -0.2) is 0 Å². The van der Waals surface area contributed by atoms with Gasteiger partial charge in [0.1, 0.15) is 5.69 Å². The van der Waals surface area contributed by atoms with Gasteiger partial charge in [-0.1, -0.05) is 24.3 Å². The first-order valence-corrected chi connectivity index (χ1v) is 8.14. The molecule has 124 valence electrons. The van der Waals surface area contributed by atoms with Crippen molar-refractivity contribution < 1.29 is 9.59 Å². The number of rotatable bonds is 4. The Morgan fingerprint density at radius 3 is 2.62 bits per heavy atom. The number of pyridine rings is 1. The number of piperidine rings is 1. The maximum absolute atomic E-state index is 12.8. The molecule has 1 fully saturated rings. The predicted octanol–water partition coefficient (Wildman–Crippen LogP) is 2.37. The molecule has 0 unspecified atom stereocenters. The van der Waals surface area contributed by atoms with Crippen LogP contribution in [0.5, 0.6) is 0 Å². The highest BCUT2D eigenvalue weighted by Gasteiger charge is 2.24. The van der Waals surface area contributed by atoms with Crippen molar-refractivity contribution in [1.82, 2.24) is 9.88 Å². The molecule has 0 saturated carbocycles. The lowest BCUT2D eigenvalue weighted by molar-refractivity contribution is 0.0856. The van der Waals surface area contributed by atoms with Crippen LogP contribution in [0.4, 0.5) is 0 Å². The van der Waals surface area contributed by atoms with Gasteiger partial charge in [-0.15, -0.1) is 0 Å². The number of primary amides is 1. The van der Waals surface area contributed by atoms with Crippen molar-refractivity contribution in [3.8, 4) is 11.1 Å². The number of carbonyl (C=O) groups excluding carboxylic acids is 2. The van der Waals surface area contributed by atoms with Gasteiger partial charge in [-0.3, -0.25) is 14.6 Å². The first-order valence-electron chi connectivity index (χ1n) is 8.14. The highest BCUT2D eigenvalue weighted by atomic mass is 16.1. The Kier molecular flexibility index (Phi) is 4.71. The number of ketones is 1. The maximum atomic E-state index is 12.8. The van der Waals surface area contributed by atoms with Gasteiger partial charge in [0.05, 0.1) is 0 Å².